The van der Waals surface area contributed by atoms with Gasteiger partial charge in [-0.05, 0) is 49.6 Å². The highest BCUT2D eigenvalue weighted by Crippen LogP contribution is 2.40. The molecule has 4 N–H and O–H groups in total. The Morgan fingerprint density at radius 1 is 1.03 bits per heavy atom. The molecule has 1 fully saturated rings. The predicted octanol–water partition coefficient (Wildman–Crippen LogP) is 4.84. The molecule has 6 rings (SSSR count). The van der Waals surface area contributed by atoms with Crippen LogP contribution >= 0.6 is 0 Å². The van der Waals surface area contributed by atoms with Gasteiger partial charge in [-0.25, -0.2) is 4.98 Å². The maximum atomic E-state index is 12.2. The van der Waals surface area contributed by atoms with Crippen molar-refractivity contribution >= 4 is 33.4 Å². The van der Waals surface area contributed by atoms with E-state index >= 15 is 0 Å². The Kier molecular flexibility index (Phi) is 5.58. The first kappa shape index (κ1) is 22.2. The van der Waals surface area contributed by atoms with E-state index in [-0.39, 0.29) is 11.7 Å². The van der Waals surface area contributed by atoms with Crippen molar-refractivity contribution in [3.05, 3.63) is 72.3 Å². The van der Waals surface area contributed by atoms with Crippen molar-refractivity contribution < 1.29 is 9.53 Å². The number of nitrogens with zero attached hydrogens (tertiary/aromatic N) is 3. The molecule has 0 atom stereocenters. The first-order valence-corrected chi connectivity index (χ1v) is 12.1. The molecule has 0 bridgehead atoms. The topological polar surface area (TPSA) is 119 Å². The van der Waals surface area contributed by atoms with Gasteiger partial charge in [0, 0.05) is 64.8 Å². The van der Waals surface area contributed by atoms with Crippen LogP contribution in [0.25, 0.3) is 44.1 Å². The molecule has 4 heterocycles. The van der Waals surface area contributed by atoms with Crippen LogP contribution in [0.1, 0.15) is 29.0 Å². The first-order valence-electron chi connectivity index (χ1n) is 12.1. The van der Waals surface area contributed by atoms with Crippen LogP contribution in [-0.4, -0.2) is 45.3 Å². The second-order valence-corrected chi connectivity index (χ2v) is 9.16. The highest BCUT2D eigenvalue weighted by Gasteiger charge is 2.21. The quantitative estimate of drug-likeness (QED) is 0.333. The fourth-order valence-electron chi connectivity index (χ4n) is 4.99. The average molecular weight is 479 g/mol. The summed E-state index contributed by atoms with van der Waals surface area (Å²) in [5, 5.41) is 13.2. The van der Waals surface area contributed by atoms with Gasteiger partial charge in [-0.3, -0.25) is 14.9 Å². The standard InChI is InChI=1S/C28H26N6O2/c1-16-25-23(34-33-16)7-6-21(26(25)19-12-17-4-2-3-5-22(17)30-15-19)18-13-24(27(28(29)35)31-14-18)32-20-8-10-36-11-9-20/h2-7,12-15,20,32H,8-11H2,1H3,(H2,29,35)(H,33,34). The van der Waals surface area contributed by atoms with Crippen LogP contribution in [0.4, 0.5) is 5.69 Å². The molecule has 2 aromatic carbocycles. The number of aryl methyl sites for hydroxylation is 1. The number of aromatic nitrogens is 4. The molecule has 0 saturated carbocycles. The van der Waals surface area contributed by atoms with Crippen LogP contribution in [-0.2, 0) is 4.74 Å². The number of H-pyrrole nitrogens is 1. The van der Waals surface area contributed by atoms with E-state index in [1.807, 2.05) is 49.5 Å². The van der Waals surface area contributed by atoms with E-state index < -0.39 is 5.91 Å². The number of nitrogens with two attached hydrogens (primary N) is 1. The Morgan fingerprint density at radius 3 is 2.67 bits per heavy atom. The highest BCUT2D eigenvalue weighted by atomic mass is 16.5. The lowest BCUT2D eigenvalue weighted by molar-refractivity contribution is 0.0904. The van der Waals surface area contributed by atoms with E-state index in [1.54, 1.807) is 6.20 Å². The van der Waals surface area contributed by atoms with Crippen molar-refractivity contribution in [2.45, 2.75) is 25.8 Å². The van der Waals surface area contributed by atoms with E-state index in [4.69, 9.17) is 15.5 Å². The summed E-state index contributed by atoms with van der Waals surface area (Å²) in [6.07, 6.45) is 5.33. The van der Waals surface area contributed by atoms with Crippen LogP contribution in [0.2, 0.25) is 0 Å². The minimum absolute atomic E-state index is 0.191. The number of anilines is 1. The molecule has 8 heteroatoms. The summed E-state index contributed by atoms with van der Waals surface area (Å²) in [6.45, 7) is 3.39. The Bertz CT molecular complexity index is 1600. The Morgan fingerprint density at radius 2 is 1.83 bits per heavy atom. The van der Waals surface area contributed by atoms with Crippen LogP contribution in [0.5, 0.6) is 0 Å². The molecule has 8 nitrogen and oxygen atoms in total. The summed E-state index contributed by atoms with van der Waals surface area (Å²) < 4.78 is 5.49. The van der Waals surface area contributed by atoms with Gasteiger partial charge in [-0.15, -0.1) is 0 Å². The van der Waals surface area contributed by atoms with Gasteiger partial charge in [0.2, 0.25) is 0 Å². The lowest BCUT2D eigenvalue weighted by Crippen LogP contribution is -2.29. The van der Waals surface area contributed by atoms with Gasteiger partial charge in [0.15, 0.2) is 5.69 Å². The predicted molar refractivity (Wildman–Crippen MR) is 141 cm³/mol. The molecule has 0 aliphatic carbocycles. The summed E-state index contributed by atoms with van der Waals surface area (Å²) in [7, 11) is 0. The van der Waals surface area contributed by atoms with Crippen molar-refractivity contribution in [1.82, 2.24) is 20.2 Å². The number of para-hydroxylation sites is 1. The van der Waals surface area contributed by atoms with Gasteiger partial charge >= 0.3 is 0 Å². The summed E-state index contributed by atoms with van der Waals surface area (Å²) in [4.78, 5) is 21.4. The van der Waals surface area contributed by atoms with E-state index in [0.29, 0.717) is 18.9 Å². The van der Waals surface area contributed by atoms with Gasteiger partial charge in [-0.2, -0.15) is 5.10 Å². The van der Waals surface area contributed by atoms with E-state index in [9.17, 15) is 4.79 Å². The van der Waals surface area contributed by atoms with Gasteiger partial charge < -0.3 is 15.8 Å². The number of fused-ring (bicyclic) bond motifs is 2. The number of pyridine rings is 2. The SMILES string of the molecule is Cc1[nH]nc2ccc(-c3cnc(C(N)=O)c(NC4CCOCC4)c3)c(-c3cnc4ccccc4c3)c12. The van der Waals surface area contributed by atoms with Crippen molar-refractivity contribution in [1.29, 1.82) is 0 Å². The highest BCUT2D eigenvalue weighted by molar-refractivity contribution is 6.06. The Hall–Kier alpha value is -4.30. The van der Waals surface area contributed by atoms with Crippen molar-refractivity contribution in [3.63, 3.8) is 0 Å². The number of carbonyl (C=O) groups excluding carboxylic acids is 1. The second kappa shape index (κ2) is 9.05. The first-order chi connectivity index (χ1) is 17.6. The Balaban J connectivity index is 1.54. The number of ether oxygens (including phenoxy) is 1. The number of carbonyl (C=O) groups is 1. The minimum Gasteiger partial charge on any atom is -0.381 e. The average Bonchev–Trinajstić information content (AvgIpc) is 3.29. The Labute approximate surface area is 207 Å². The summed E-state index contributed by atoms with van der Waals surface area (Å²) in [6, 6.07) is 16.4. The molecule has 3 aromatic heterocycles. The van der Waals surface area contributed by atoms with E-state index in [1.165, 1.54) is 0 Å². The van der Waals surface area contributed by atoms with Crippen LogP contribution in [0.3, 0.4) is 0 Å². The molecular formula is C28H26N6O2. The summed E-state index contributed by atoms with van der Waals surface area (Å²) in [5.74, 6) is -0.559. The zero-order chi connectivity index (χ0) is 24.6. The molecule has 0 radical (unpaired) electrons. The van der Waals surface area contributed by atoms with Gasteiger partial charge in [0.25, 0.3) is 5.91 Å². The summed E-state index contributed by atoms with van der Waals surface area (Å²) >= 11 is 0. The zero-order valence-electron chi connectivity index (χ0n) is 19.9. The maximum Gasteiger partial charge on any atom is 0.269 e. The van der Waals surface area contributed by atoms with Gasteiger partial charge in [0.05, 0.1) is 16.7 Å². The van der Waals surface area contributed by atoms with Crippen LogP contribution in [0, 0.1) is 6.92 Å². The smallest absolute Gasteiger partial charge is 0.269 e. The molecule has 1 amide bonds. The minimum atomic E-state index is -0.559. The fourth-order valence-corrected chi connectivity index (χ4v) is 4.99. The van der Waals surface area contributed by atoms with Crippen molar-refractivity contribution in [2.24, 2.45) is 5.73 Å². The molecular weight excluding hydrogens is 452 g/mol. The normalized spacial score (nSPS) is 14.4. The van der Waals surface area contributed by atoms with Crippen molar-refractivity contribution in [2.75, 3.05) is 18.5 Å². The number of hydrogen-bond acceptors (Lipinski definition) is 6. The zero-order valence-corrected chi connectivity index (χ0v) is 19.9. The molecule has 1 aliphatic rings. The molecule has 1 aliphatic heterocycles. The third-order valence-electron chi connectivity index (χ3n) is 6.79. The number of amides is 1. The number of nitrogens with one attached hydrogen (secondary N) is 2. The number of hydrogen-bond donors (Lipinski definition) is 3. The maximum absolute atomic E-state index is 12.2. The molecule has 180 valence electrons. The molecule has 1 saturated heterocycles. The molecule has 5 aromatic rings. The monoisotopic (exact) mass is 478 g/mol. The molecule has 0 unspecified atom stereocenters. The largest absolute Gasteiger partial charge is 0.381 e. The fraction of sp³-hybridized carbons (Fsp3) is 0.214. The number of aromatic amines is 1. The lowest BCUT2D eigenvalue weighted by Gasteiger charge is -2.25. The second-order valence-electron chi connectivity index (χ2n) is 9.16. The van der Waals surface area contributed by atoms with Crippen molar-refractivity contribution in [3.8, 4) is 22.3 Å². The lowest BCUT2D eigenvalue weighted by atomic mass is 9.91. The molecule has 36 heavy (non-hydrogen) atoms. The third-order valence-corrected chi connectivity index (χ3v) is 6.79. The number of benzene rings is 2. The van der Waals surface area contributed by atoms with Gasteiger partial charge in [0.1, 0.15) is 0 Å². The van der Waals surface area contributed by atoms with Crippen LogP contribution < -0.4 is 11.1 Å². The third kappa shape index (κ3) is 3.95. The van der Waals surface area contributed by atoms with Gasteiger partial charge in [-0.1, -0.05) is 24.3 Å². The van der Waals surface area contributed by atoms with Crippen LogP contribution in [0.15, 0.2) is 60.9 Å². The number of rotatable bonds is 5. The number of primary amides is 1. The van der Waals surface area contributed by atoms with E-state index in [2.05, 4.69) is 32.6 Å². The molecule has 0 spiro atoms. The summed E-state index contributed by atoms with van der Waals surface area (Å²) in [5.41, 5.74) is 13.2. The van der Waals surface area contributed by atoms with E-state index in [0.717, 1.165) is 62.6 Å².